The molecule has 3 nitrogen and oxygen atoms in total. The van der Waals surface area contributed by atoms with Crippen molar-refractivity contribution in [1.29, 1.82) is 0 Å². The average molecular weight is 535 g/mol. The van der Waals surface area contributed by atoms with Crippen molar-refractivity contribution in [3.63, 3.8) is 0 Å². The van der Waals surface area contributed by atoms with Gasteiger partial charge in [0.05, 0.1) is 11.7 Å². The summed E-state index contributed by atoms with van der Waals surface area (Å²) in [6, 6.07) is 1.51. The quantitative estimate of drug-likeness (QED) is 0.296. The van der Waals surface area contributed by atoms with E-state index in [1.807, 2.05) is 0 Å². The summed E-state index contributed by atoms with van der Waals surface area (Å²) in [6.45, 7) is 2.83. The summed E-state index contributed by atoms with van der Waals surface area (Å²) in [7, 11) is 0. The van der Waals surface area contributed by atoms with Crippen molar-refractivity contribution >= 4 is 0 Å². The molecule has 1 aliphatic carbocycles. The van der Waals surface area contributed by atoms with E-state index in [2.05, 4.69) is 11.7 Å². The fourth-order valence-electron chi connectivity index (χ4n) is 5.52. The zero-order valence-electron chi connectivity index (χ0n) is 20.3. The first-order valence-electron chi connectivity index (χ1n) is 12.5. The van der Waals surface area contributed by atoms with E-state index in [0.717, 1.165) is 25.7 Å². The van der Waals surface area contributed by atoms with Gasteiger partial charge in [0.2, 0.25) is 0 Å². The Kier molecular flexibility index (Phi) is 8.09. The minimum absolute atomic E-state index is 0.0606. The topological polar surface area (TPSA) is 38.7 Å². The van der Waals surface area contributed by atoms with Crippen molar-refractivity contribution in [2.75, 3.05) is 6.61 Å². The maximum atomic E-state index is 14.8. The van der Waals surface area contributed by atoms with Gasteiger partial charge in [-0.1, -0.05) is 13.3 Å². The lowest BCUT2D eigenvalue weighted by atomic mass is 9.72. The van der Waals surface area contributed by atoms with Crippen molar-refractivity contribution in [3.8, 4) is 5.75 Å². The van der Waals surface area contributed by atoms with Gasteiger partial charge in [0.1, 0.15) is 22.9 Å². The minimum atomic E-state index is -4.68. The summed E-state index contributed by atoms with van der Waals surface area (Å²) in [5.74, 6) is -9.34. The molecule has 2 aliphatic rings. The zero-order chi connectivity index (χ0) is 27.0. The van der Waals surface area contributed by atoms with Gasteiger partial charge in [0.15, 0.2) is 17.5 Å². The van der Waals surface area contributed by atoms with E-state index < -0.39 is 52.1 Å². The van der Waals surface area contributed by atoms with Crippen molar-refractivity contribution in [2.24, 2.45) is 11.8 Å². The number of benzene rings is 2. The van der Waals surface area contributed by atoms with Crippen LogP contribution in [0.25, 0.3) is 0 Å². The van der Waals surface area contributed by atoms with Crippen LogP contribution in [0.3, 0.4) is 0 Å². The number of halogens is 7. The van der Waals surface area contributed by atoms with E-state index in [1.54, 1.807) is 0 Å². The largest absolute Gasteiger partial charge is 0.432 e. The van der Waals surface area contributed by atoms with Crippen LogP contribution in [-0.4, -0.2) is 17.8 Å². The molecule has 2 fully saturated rings. The molecule has 0 radical (unpaired) electrons. The molecule has 0 bridgehead atoms. The van der Waals surface area contributed by atoms with Crippen LogP contribution in [-0.2, 0) is 16.4 Å². The van der Waals surface area contributed by atoms with Crippen LogP contribution in [0, 0.1) is 40.9 Å². The molecular weight excluding hydrogens is 505 g/mol. The van der Waals surface area contributed by atoms with E-state index in [9.17, 15) is 35.8 Å². The Labute approximate surface area is 210 Å². The lowest BCUT2D eigenvalue weighted by Gasteiger charge is -2.41. The highest BCUT2D eigenvalue weighted by atomic mass is 19.3. The van der Waals surface area contributed by atoms with E-state index >= 15 is 0 Å². The highest BCUT2D eigenvalue weighted by molar-refractivity contribution is 5.34. The second-order valence-corrected chi connectivity index (χ2v) is 10.1. The summed E-state index contributed by atoms with van der Waals surface area (Å²) in [5.41, 5.74) is -3.60. The summed E-state index contributed by atoms with van der Waals surface area (Å²) in [4.78, 5) is 0. The molecule has 1 aliphatic heterocycles. The highest BCUT2D eigenvalue weighted by Crippen LogP contribution is 2.45. The Morgan fingerprint density at radius 2 is 1.51 bits per heavy atom. The molecule has 1 heterocycles. The summed E-state index contributed by atoms with van der Waals surface area (Å²) < 4.78 is 109. The molecule has 2 aromatic carbocycles. The molecule has 1 saturated heterocycles. The van der Waals surface area contributed by atoms with Crippen LogP contribution in [0.4, 0.5) is 30.7 Å². The molecule has 204 valence electrons. The van der Waals surface area contributed by atoms with Crippen LogP contribution in [0.15, 0.2) is 24.3 Å². The van der Waals surface area contributed by atoms with Crippen LogP contribution in [0.5, 0.6) is 5.75 Å². The van der Waals surface area contributed by atoms with Crippen molar-refractivity contribution in [3.05, 3.63) is 64.5 Å². The fourth-order valence-corrected chi connectivity index (χ4v) is 5.52. The molecule has 10 heteroatoms. The maximum Gasteiger partial charge on any atom is 0.432 e. The van der Waals surface area contributed by atoms with Gasteiger partial charge in [-0.15, -0.1) is 0 Å². The molecule has 2 unspecified atom stereocenters. The molecule has 0 amide bonds. The summed E-state index contributed by atoms with van der Waals surface area (Å²) >= 11 is 0. The van der Waals surface area contributed by atoms with Gasteiger partial charge in [0.25, 0.3) is 0 Å². The molecule has 37 heavy (non-hydrogen) atoms. The first-order valence-corrected chi connectivity index (χ1v) is 12.5. The van der Waals surface area contributed by atoms with Crippen molar-refractivity contribution in [1.82, 2.24) is 0 Å². The first kappa shape index (κ1) is 27.7. The second-order valence-electron chi connectivity index (χ2n) is 10.1. The van der Waals surface area contributed by atoms with Gasteiger partial charge in [-0.05, 0) is 74.5 Å². The van der Waals surface area contributed by atoms with E-state index in [-0.39, 0.29) is 42.6 Å². The summed E-state index contributed by atoms with van der Waals surface area (Å²) in [5, 5.41) is 11.1. The van der Waals surface area contributed by atoms with Crippen molar-refractivity contribution < 1.29 is 45.3 Å². The van der Waals surface area contributed by atoms with Crippen LogP contribution in [0.1, 0.15) is 69.4 Å². The molecule has 4 rings (SSSR count). The average Bonchev–Trinajstić information content (AvgIpc) is 2.83. The third-order valence-corrected chi connectivity index (χ3v) is 7.56. The molecular formula is C27H29F7O3. The summed E-state index contributed by atoms with van der Waals surface area (Å²) in [6.07, 6.45) is 1.03. The maximum absolute atomic E-state index is 14.8. The van der Waals surface area contributed by atoms with E-state index in [1.165, 1.54) is 0 Å². The van der Waals surface area contributed by atoms with E-state index in [0.29, 0.717) is 37.5 Å². The number of aliphatic hydroxyl groups is 1. The van der Waals surface area contributed by atoms with Crippen LogP contribution < -0.4 is 4.74 Å². The number of hydrogen-bond donors (Lipinski definition) is 1. The lowest BCUT2D eigenvalue weighted by Crippen LogP contribution is -2.39. The standard InChI is InChI=1S/C27H29F7O3/c1-2-3-15-4-5-23(36-14-15)16-6-8-26(35,9-7-16)17-10-19(28)24(20(29)11-17)27(33,34)37-18-12-21(30)25(32)22(31)13-18/h10-13,15-16,23,35H,2-9,14H2,1H3. The Bertz CT molecular complexity index is 1060. The zero-order valence-corrected chi connectivity index (χ0v) is 20.3. The molecule has 1 N–H and O–H groups in total. The molecule has 1 saturated carbocycles. The van der Waals surface area contributed by atoms with Crippen molar-refractivity contribution in [2.45, 2.75) is 76.1 Å². The predicted octanol–water partition coefficient (Wildman–Crippen LogP) is 7.48. The highest BCUT2D eigenvalue weighted by Gasteiger charge is 2.44. The number of hydrogen-bond acceptors (Lipinski definition) is 3. The van der Waals surface area contributed by atoms with Gasteiger partial charge in [0, 0.05) is 18.7 Å². The van der Waals surface area contributed by atoms with Gasteiger partial charge in [-0.3, -0.25) is 0 Å². The third kappa shape index (κ3) is 5.90. The molecule has 2 aromatic rings. The van der Waals surface area contributed by atoms with Gasteiger partial charge in [-0.2, -0.15) is 8.78 Å². The Hall–Kier alpha value is -2.33. The fraction of sp³-hybridized carbons (Fsp3) is 0.556. The van der Waals surface area contributed by atoms with Gasteiger partial charge < -0.3 is 14.6 Å². The van der Waals surface area contributed by atoms with Crippen LogP contribution >= 0.6 is 0 Å². The minimum Gasteiger partial charge on any atom is -0.429 e. The van der Waals surface area contributed by atoms with Crippen LogP contribution in [0.2, 0.25) is 0 Å². The number of rotatable bonds is 7. The number of ether oxygens (including phenoxy) is 2. The lowest BCUT2D eigenvalue weighted by molar-refractivity contribution is -0.189. The van der Waals surface area contributed by atoms with E-state index in [4.69, 9.17) is 4.74 Å². The van der Waals surface area contributed by atoms with Gasteiger partial charge in [-0.25, -0.2) is 22.0 Å². The number of alkyl halides is 2. The first-order chi connectivity index (χ1) is 17.4. The smallest absolute Gasteiger partial charge is 0.429 e. The normalized spacial score (nSPS) is 26.8. The molecule has 0 spiro atoms. The molecule has 2 atom stereocenters. The predicted molar refractivity (Wildman–Crippen MR) is 120 cm³/mol. The SMILES string of the molecule is CCCC1CCC(C2CCC(O)(c3cc(F)c(C(F)(F)Oc4cc(F)c(F)c(F)c4)c(F)c3)CC2)OC1. The molecule has 0 aromatic heterocycles. The van der Waals surface area contributed by atoms with Gasteiger partial charge >= 0.3 is 6.11 Å². The third-order valence-electron chi connectivity index (χ3n) is 7.56. The monoisotopic (exact) mass is 534 g/mol. The Morgan fingerprint density at radius 3 is 2.03 bits per heavy atom. The second kappa shape index (κ2) is 10.8. The Balaban J connectivity index is 1.46. The Morgan fingerprint density at radius 1 is 0.919 bits per heavy atom.